The van der Waals surface area contributed by atoms with E-state index >= 15 is 0 Å². The highest BCUT2D eigenvalue weighted by Gasteiger charge is 2.29. The molecule has 0 aliphatic heterocycles. The molecule has 0 radical (unpaired) electrons. The van der Waals surface area contributed by atoms with E-state index in [0.29, 0.717) is 13.2 Å². The SMILES string of the molecule is Cc1ccc(OCCN(C)CC(=O)Nc2ccccc2S(=O)(=O)C(F)F)cc1. The van der Waals surface area contributed by atoms with Gasteiger partial charge in [0.1, 0.15) is 12.4 Å². The fourth-order valence-electron chi connectivity index (χ4n) is 2.38. The van der Waals surface area contributed by atoms with Gasteiger partial charge in [-0.1, -0.05) is 29.8 Å². The van der Waals surface area contributed by atoms with Crippen molar-refractivity contribution in [2.45, 2.75) is 17.6 Å². The van der Waals surface area contributed by atoms with Gasteiger partial charge in [-0.15, -0.1) is 0 Å². The number of hydrogen-bond acceptors (Lipinski definition) is 5. The third-order valence-corrected chi connectivity index (χ3v) is 5.32. The molecule has 28 heavy (non-hydrogen) atoms. The first-order valence-corrected chi connectivity index (χ1v) is 10.0. The number of nitrogens with one attached hydrogen (secondary N) is 1. The Kier molecular flexibility index (Phi) is 7.47. The summed E-state index contributed by atoms with van der Waals surface area (Å²) in [5.41, 5.74) is 0.951. The molecule has 2 aromatic carbocycles. The van der Waals surface area contributed by atoms with Gasteiger partial charge in [0.25, 0.3) is 0 Å². The van der Waals surface area contributed by atoms with E-state index in [9.17, 15) is 22.0 Å². The summed E-state index contributed by atoms with van der Waals surface area (Å²) in [6.07, 6.45) is 0. The van der Waals surface area contributed by atoms with Gasteiger partial charge in [-0.2, -0.15) is 8.78 Å². The summed E-state index contributed by atoms with van der Waals surface area (Å²) in [6.45, 7) is 2.71. The minimum Gasteiger partial charge on any atom is -0.492 e. The number of sulfone groups is 1. The van der Waals surface area contributed by atoms with E-state index in [1.54, 1.807) is 11.9 Å². The molecule has 0 unspecified atom stereocenters. The number of ether oxygens (including phenoxy) is 1. The van der Waals surface area contributed by atoms with Crippen LogP contribution in [0.4, 0.5) is 14.5 Å². The number of nitrogens with zero attached hydrogens (tertiary/aromatic N) is 1. The van der Waals surface area contributed by atoms with Crippen molar-refractivity contribution in [2.75, 3.05) is 32.1 Å². The van der Waals surface area contributed by atoms with Crippen LogP contribution < -0.4 is 10.1 Å². The lowest BCUT2D eigenvalue weighted by molar-refractivity contribution is -0.117. The van der Waals surface area contributed by atoms with E-state index in [2.05, 4.69) is 5.32 Å². The predicted molar refractivity (Wildman–Crippen MR) is 102 cm³/mol. The minimum atomic E-state index is -4.81. The molecule has 0 aliphatic carbocycles. The first-order valence-electron chi connectivity index (χ1n) is 8.49. The van der Waals surface area contributed by atoms with Crippen LogP contribution in [-0.2, 0) is 14.6 Å². The number of carbonyl (C=O) groups excluding carboxylic acids is 1. The fourth-order valence-corrected chi connectivity index (χ4v) is 3.27. The highest BCUT2D eigenvalue weighted by Crippen LogP contribution is 2.26. The molecule has 0 aromatic heterocycles. The Morgan fingerprint density at radius 2 is 1.79 bits per heavy atom. The van der Waals surface area contributed by atoms with Gasteiger partial charge in [0.2, 0.25) is 15.7 Å². The zero-order valence-electron chi connectivity index (χ0n) is 15.6. The molecule has 0 aliphatic rings. The second kappa shape index (κ2) is 9.61. The topological polar surface area (TPSA) is 75.7 Å². The zero-order valence-corrected chi connectivity index (χ0v) is 16.4. The molecule has 0 bridgehead atoms. The van der Waals surface area contributed by atoms with Crippen molar-refractivity contribution in [1.29, 1.82) is 0 Å². The molecular weight excluding hydrogens is 390 g/mol. The summed E-state index contributed by atoms with van der Waals surface area (Å²) in [4.78, 5) is 13.2. The summed E-state index contributed by atoms with van der Waals surface area (Å²) in [5, 5.41) is 2.38. The molecule has 1 N–H and O–H groups in total. The Bertz CT molecular complexity index is 902. The first-order chi connectivity index (χ1) is 13.2. The summed E-state index contributed by atoms with van der Waals surface area (Å²) in [6, 6.07) is 12.6. The summed E-state index contributed by atoms with van der Waals surface area (Å²) in [7, 11) is -3.12. The number of carbonyl (C=O) groups is 1. The Labute approximate surface area is 163 Å². The van der Waals surface area contributed by atoms with Crippen LogP contribution in [0.25, 0.3) is 0 Å². The number of benzene rings is 2. The van der Waals surface area contributed by atoms with E-state index in [4.69, 9.17) is 4.74 Å². The van der Waals surface area contributed by atoms with E-state index in [-0.39, 0.29) is 12.2 Å². The van der Waals surface area contributed by atoms with Gasteiger partial charge in [-0.25, -0.2) is 8.42 Å². The molecule has 152 valence electrons. The third kappa shape index (κ3) is 6.00. The normalized spacial score (nSPS) is 11.6. The summed E-state index contributed by atoms with van der Waals surface area (Å²) < 4.78 is 54.6. The van der Waals surface area contributed by atoms with Crippen LogP contribution in [0, 0.1) is 6.92 Å². The molecule has 1 amide bonds. The van der Waals surface area contributed by atoms with Crippen LogP contribution in [0.3, 0.4) is 0 Å². The molecule has 9 heteroatoms. The summed E-state index contributed by atoms with van der Waals surface area (Å²) in [5.74, 6) is -3.36. The van der Waals surface area contributed by atoms with Gasteiger partial charge in [0.15, 0.2) is 0 Å². The highest BCUT2D eigenvalue weighted by atomic mass is 32.2. The van der Waals surface area contributed by atoms with E-state index in [0.717, 1.165) is 17.4 Å². The number of rotatable bonds is 9. The molecule has 0 fully saturated rings. The van der Waals surface area contributed by atoms with E-state index in [1.807, 2.05) is 31.2 Å². The molecule has 0 saturated carbocycles. The van der Waals surface area contributed by atoms with Crippen molar-refractivity contribution >= 4 is 21.4 Å². The molecule has 2 rings (SSSR count). The van der Waals surface area contributed by atoms with Crippen molar-refractivity contribution in [1.82, 2.24) is 4.90 Å². The van der Waals surface area contributed by atoms with Crippen LogP contribution in [0.5, 0.6) is 5.75 Å². The second-order valence-electron chi connectivity index (χ2n) is 6.25. The van der Waals surface area contributed by atoms with Gasteiger partial charge >= 0.3 is 5.76 Å². The molecule has 0 spiro atoms. The number of halogens is 2. The monoisotopic (exact) mass is 412 g/mol. The van der Waals surface area contributed by atoms with Gasteiger partial charge in [-0.05, 0) is 38.2 Å². The Morgan fingerprint density at radius 3 is 2.43 bits per heavy atom. The standard InChI is InChI=1S/C19H22F2N2O4S/c1-14-7-9-15(10-8-14)27-12-11-23(2)13-18(24)22-16-5-3-4-6-17(16)28(25,26)19(20)21/h3-10,19H,11-13H2,1-2H3,(H,22,24). The van der Waals surface area contributed by atoms with E-state index < -0.39 is 26.4 Å². The lowest BCUT2D eigenvalue weighted by Crippen LogP contribution is -2.33. The van der Waals surface area contributed by atoms with Crippen LogP contribution in [-0.4, -0.2) is 51.7 Å². The van der Waals surface area contributed by atoms with Crippen molar-refractivity contribution in [3.8, 4) is 5.75 Å². The number of anilines is 1. The maximum atomic E-state index is 12.8. The number of aryl methyl sites for hydroxylation is 1. The molecular formula is C19H22F2N2O4S. The van der Waals surface area contributed by atoms with Gasteiger partial charge in [-0.3, -0.25) is 9.69 Å². The minimum absolute atomic E-state index is 0.0552. The average Bonchev–Trinajstić information content (AvgIpc) is 2.63. The maximum absolute atomic E-state index is 12.8. The smallest absolute Gasteiger partial charge is 0.341 e. The zero-order chi connectivity index (χ0) is 20.7. The van der Waals surface area contributed by atoms with Crippen LogP contribution in [0.2, 0.25) is 0 Å². The highest BCUT2D eigenvalue weighted by molar-refractivity contribution is 7.91. The molecule has 0 saturated heterocycles. The summed E-state index contributed by atoms with van der Waals surface area (Å²) >= 11 is 0. The first kappa shape index (κ1) is 21.8. The van der Waals surface area contributed by atoms with Crippen LogP contribution >= 0.6 is 0 Å². The average molecular weight is 412 g/mol. The van der Waals surface area contributed by atoms with Gasteiger partial charge in [0.05, 0.1) is 17.1 Å². The van der Waals surface area contributed by atoms with Crippen molar-refractivity contribution in [3.63, 3.8) is 0 Å². The number of para-hydroxylation sites is 1. The fraction of sp³-hybridized carbons (Fsp3) is 0.316. The second-order valence-corrected chi connectivity index (χ2v) is 8.14. The lowest BCUT2D eigenvalue weighted by atomic mass is 10.2. The van der Waals surface area contributed by atoms with Crippen molar-refractivity contribution in [3.05, 3.63) is 54.1 Å². The molecule has 6 nitrogen and oxygen atoms in total. The van der Waals surface area contributed by atoms with Gasteiger partial charge in [0, 0.05) is 6.54 Å². The predicted octanol–water partition coefficient (Wildman–Crippen LogP) is 2.94. The number of likely N-dealkylation sites (N-methyl/N-ethyl adjacent to an activating group) is 1. The quantitative estimate of drug-likeness (QED) is 0.685. The van der Waals surface area contributed by atoms with Crippen molar-refractivity contribution in [2.24, 2.45) is 0 Å². The molecule has 0 atom stereocenters. The van der Waals surface area contributed by atoms with Crippen LogP contribution in [0.15, 0.2) is 53.4 Å². The van der Waals surface area contributed by atoms with Crippen molar-refractivity contribution < 1.29 is 26.7 Å². The number of amides is 1. The third-order valence-electron chi connectivity index (χ3n) is 3.88. The lowest BCUT2D eigenvalue weighted by Gasteiger charge is -2.17. The van der Waals surface area contributed by atoms with Gasteiger partial charge < -0.3 is 10.1 Å². The maximum Gasteiger partial charge on any atom is 0.341 e. The molecule has 2 aromatic rings. The molecule has 0 heterocycles. The van der Waals surface area contributed by atoms with E-state index in [1.165, 1.54) is 18.2 Å². The Morgan fingerprint density at radius 1 is 1.14 bits per heavy atom. The largest absolute Gasteiger partial charge is 0.492 e. The Hall–Kier alpha value is -2.52. The number of alkyl halides is 2. The number of hydrogen-bond donors (Lipinski definition) is 1. The Balaban J connectivity index is 1.89. The van der Waals surface area contributed by atoms with Crippen LogP contribution in [0.1, 0.15) is 5.56 Å².